The Hall–Kier alpha value is -1.53. The number of rotatable bonds is 3. The lowest BCUT2D eigenvalue weighted by atomic mass is 10.2. The van der Waals surface area contributed by atoms with Crippen molar-refractivity contribution in [2.45, 2.75) is 13.0 Å². The monoisotopic (exact) mass is 286 g/mol. The topological polar surface area (TPSA) is 71.8 Å². The largest absolute Gasteiger partial charge is 0.440 e. The van der Waals surface area contributed by atoms with Gasteiger partial charge in [-0.1, -0.05) is 0 Å². The van der Waals surface area contributed by atoms with Gasteiger partial charge in [0.2, 0.25) is 5.91 Å². The van der Waals surface area contributed by atoms with Crippen molar-refractivity contribution < 1.29 is 18.7 Å². The van der Waals surface area contributed by atoms with E-state index in [4.69, 9.17) is 20.8 Å². The molecule has 1 fully saturated rings. The molecule has 0 aliphatic carbocycles. The van der Waals surface area contributed by atoms with E-state index in [1.165, 1.54) is 17.0 Å². The molecule has 1 aromatic heterocycles. The second kappa shape index (κ2) is 6.08. The third kappa shape index (κ3) is 3.08. The van der Waals surface area contributed by atoms with Crippen LogP contribution in [0.5, 0.6) is 0 Å². The fraction of sp³-hybridized carbons (Fsp3) is 0.500. The lowest BCUT2D eigenvalue weighted by molar-refractivity contribution is -0.130. The maximum atomic E-state index is 12.3. The molecule has 19 heavy (non-hydrogen) atoms. The maximum Gasteiger partial charge on any atom is 0.290 e. The van der Waals surface area contributed by atoms with Gasteiger partial charge in [0.1, 0.15) is 6.04 Å². The molecule has 1 aliphatic rings. The van der Waals surface area contributed by atoms with Crippen LogP contribution in [0.3, 0.4) is 0 Å². The van der Waals surface area contributed by atoms with Crippen LogP contribution >= 0.6 is 11.6 Å². The number of nitrogens with zero attached hydrogens (tertiary/aromatic N) is 1. The Morgan fingerprint density at radius 3 is 2.95 bits per heavy atom. The van der Waals surface area contributed by atoms with Crippen LogP contribution in [0.4, 0.5) is 0 Å². The Morgan fingerprint density at radius 1 is 1.53 bits per heavy atom. The molecule has 0 radical (unpaired) electrons. The van der Waals surface area contributed by atoms with Crippen LogP contribution in [0.15, 0.2) is 16.5 Å². The molecule has 0 spiro atoms. The lowest BCUT2D eigenvalue weighted by Crippen LogP contribution is -2.55. The molecule has 1 aromatic rings. The van der Waals surface area contributed by atoms with Gasteiger partial charge >= 0.3 is 0 Å². The maximum absolute atomic E-state index is 12.3. The van der Waals surface area contributed by atoms with Crippen LogP contribution in [0, 0.1) is 0 Å². The minimum atomic E-state index is -0.634. The summed E-state index contributed by atoms with van der Waals surface area (Å²) in [6.07, 6.45) is 0. The molecule has 6 nitrogen and oxygen atoms in total. The van der Waals surface area contributed by atoms with Crippen LogP contribution in [0.25, 0.3) is 0 Å². The number of carbonyl (C=O) groups excluding carboxylic acids is 2. The number of furan rings is 1. The molecule has 1 unspecified atom stereocenters. The lowest BCUT2D eigenvalue weighted by Gasteiger charge is -2.33. The van der Waals surface area contributed by atoms with Crippen LogP contribution in [0.2, 0.25) is 5.22 Å². The van der Waals surface area contributed by atoms with Crippen LogP contribution < -0.4 is 5.32 Å². The summed E-state index contributed by atoms with van der Waals surface area (Å²) in [6, 6.07) is 2.36. The first-order valence-electron chi connectivity index (χ1n) is 6.05. The Bertz CT molecular complexity index is 474. The van der Waals surface area contributed by atoms with Crippen molar-refractivity contribution in [3.8, 4) is 0 Å². The number of nitrogens with one attached hydrogen (secondary N) is 1. The number of morpholine rings is 1. The first-order chi connectivity index (χ1) is 9.13. The number of amides is 2. The van der Waals surface area contributed by atoms with Gasteiger partial charge in [-0.2, -0.15) is 0 Å². The first-order valence-corrected chi connectivity index (χ1v) is 6.43. The van der Waals surface area contributed by atoms with Crippen LogP contribution in [0.1, 0.15) is 17.5 Å². The molecular weight excluding hydrogens is 272 g/mol. The van der Waals surface area contributed by atoms with E-state index in [2.05, 4.69) is 5.32 Å². The van der Waals surface area contributed by atoms with E-state index in [0.29, 0.717) is 19.7 Å². The van der Waals surface area contributed by atoms with Crippen molar-refractivity contribution in [2.75, 3.05) is 26.3 Å². The Labute approximate surface area is 115 Å². The molecule has 0 aromatic carbocycles. The van der Waals surface area contributed by atoms with Crippen molar-refractivity contribution in [3.63, 3.8) is 0 Å². The molecule has 104 valence electrons. The second-order valence-corrected chi connectivity index (χ2v) is 4.46. The summed E-state index contributed by atoms with van der Waals surface area (Å²) in [4.78, 5) is 25.6. The smallest absolute Gasteiger partial charge is 0.290 e. The first kappa shape index (κ1) is 13.9. The molecule has 1 aliphatic heterocycles. The third-order valence-electron chi connectivity index (χ3n) is 2.83. The zero-order valence-electron chi connectivity index (χ0n) is 10.5. The number of hydrogen-bond acceptors (Lipinski definition) is 4. The molecular formula is C12H15ClN2O4. The van der Waals surface area contributed by atoms with Gasteiger partial charge in [0.05, 0.1) is 13.2 Å². The van der Waals surface area contributed by atoms with Crippen molar-refractivity contribution in [1.29, 1.82) is 0 Å². The SMILES string of the molecule is CCNC(=O)C1COCCN1C(=O)c1ccc(Cl)o1. The van der Waals surface area contributed by atoms with E-state index in [9.17, 15) is 9.59 Å². The predicted octanol–water partition coefficient (Wildman–Crippen LogP) is 0.910. The van der Waals surface area contributed by atoms with Gasteiger partial charge in [0, 0.05) is 13.1 Å². The van der Waals surface area contributed by atoms with Crippen molar-refractivity contribution in [2.24, 2.45) is 0 Å². The van der Waals surface area contributed by atoms with E-state index in [1.54, 1.807) is 0 Å². The average molecular weight is 287 g/mol. The zero-order valence-corrected chi connectivity index (χ0v) is 11.3. The summed E-state index contributed by atoms with van der Waals surface area (Å²) in [5.74, 6) is -0.458. The highest BCUT2D eigenvalue weighted by Gasteiger charge is 2.34. The van der Waals surface area contributed by atoms with Gasteiger partial charge in [-0.3, -0.25) is 9.59 Å². The fourth-order valence-electron chi connectivity index (χ4n) is 1.93. The molecule has 1 saturated heterocycles. The quantitative estimate of drug-likeness (QED) is 0.896. The van der Waals surface area contributed by atoms with E-state index in [-0.39, 0.29) is 29.4 Å². The Morgan fingerprint density at radius 2 is 2.32 bits per heavy atom. The van der Waals surface area contributed by atoms with Crippen molar-refractivity contribution in [1.82, 2.24) is 10.2 Å². The second-order valence-electron chi connectivity index (χ2n) is 4.09. The highest BCUT2D eigenvalue weighted by Crippen LogP contribution is 2.18. The standard InChI is InChI=1S/C12H15ClN2O4/c1-2-14-11(16)8-7-18-6-5-15(8)12(17)9-3-4-10(13)19-9/h3-4,8H,2,5-7H2,1H3,(H,14,16). The van der Waals surface area contributed by atoms with Gasteiger partial charge in [0.15, 0.2) is 11.0 Å². The Balaban J connectivity index is 2.15. The van der Waals surface area contributed by atoms with Crippen molar-refractivity contribution in [3.05, 3.63) is 23.1 Å². The molecule has 0 saturated carbocycles. The molecule has 2 amide bonds. The average Bonchev–Trinajstić information content (AvgIpc) is 2.85. The highest BCUT2D eigenvalue weighted by atomic mass is 35.5. The Kier molecular flexibility index (Phi) is 4.44. The highest BCUT2D eigenvalue weighted by molar-refractivity contribution is 6.29. The number of halogens is 1. The summed E-state index contributed by atoms with van der Waals surface area (Å²) in [5.41, 5.74) is 0. The zero-order chi connectivity index (χ0) is 13.8. The van der Waals surface area contributed by atoms with Crippen LogP contribution in [-0.2, 0) is 9.53 Å². The van der Waals surface area contributed by atoms with Gasteiger partial charge in [0.25, 0.3) is 5.91 Å². The van der Waals surface area contributed by atoms with Crippen molar-refractivity contribution >= 4 is 23.4 Å². The number of likely N-dealkylation sites (N-methyl/N-ethyl adjacent to an activating group) is 1. The van der Waals surface area contributed by atoms with Gasteiger partial charge < -0.3 is 19.4 Å². The van der Waals surface area contributed by atoms with Gasteiger partial charge in [-0.05, 0) is 30.7 Å². The van der Waals surface area contributed by atoms with E-state index in [1.807, 2.05) is 6.92 Å². The molecule has 2 heterocycles. The summed E-state index contributed by atoms with van der Waals surface area (Å²) < 4.78 is 10.3. The molecule has 1 N–H and O–H groups in total. The minimum absolute atomic E-state index is 0.126. The number of carbonyl (C=O) groups is 2. The molecule has 0 bridgehead atoms. The molecule has 2 rings (SSSR count). The summed E-state index contributed by atoms with van der Waals surface area (Å²) in [5, 5.41) is 2.83. The third-order valence-corrected chi connectivity index (χ3v) is 3.03. The van der Waals surface area contributed by atoms with E-state index >= 15 is 0 Å². The minimum Gasteiger partial charge on any atom is -0.440 e. The fourth-order valence-corrected chi connectivity index (χ4v) is 2.07. The summed E-state index contributed by atoms with van der Waals surface area (Å²) in [7, 11) is 0. The number of hydrogen-bond donors (Lipinski definition) is 1. The predicted molar refractivity (Wildman–Crippen MR) is 68.0 cm³/mol. The molecule has 7 heteroatoms. The molecule has 1 atom stereocenters. The van der Waals surface area contributed by atoms with Gasteiger partial charge in [-0.25, -0.2) is 0 Å². The number of ether oxygens (including phenoxy) is 1. The summed E-state index contributed by atoms with van der Waals surface area (Å²) >= 11 is 5.65. The van der Waals surface area contributed by atoms with Crippen LogP contribution in [-0.4, -0.2) is 49.1 Å². The van der Waals surface area contributed by atoms with E-state index in [0.717, 1.165) is 0 Å². The normalized spacial score (nSPS) is 19.3. The van der Waals surface area contributed by atoms with Gasteiger partial charge in [-0.15, -0.1) is 0 Å². The van der Waals surface area contributed by atoms with E-state index < -0.39 is 6.04 Å². The summed E-state index contributed by atoms with van der Waals surface area (Å²) in [6.45, 7) is 3.26.